The molecule has 2 unspecified atom stereocenters. The molecule has 2 aromatic rings. The first-order valence-corrected chi connectivity index (χ1v) is 9.76. The predicted octanol–water partition coefficient (Wildman–Crippen LogP) is 3.16. The number of nitrogens with one attached hydrogen (secondary N) is 1. The maximum absolute atomic E-state index is 12.6. The van der Waals surface area contributed by atoms with Crippen molar-refractivity contribution in [3.8, 4) is 0 Å². The second kappa shape index (κ2) is 8.13. The number of rotatable bonds is 5. The van der Waals surface area contributed by atoms with E-state index in [0.29, 0.717) is 0 Å². The molecule has 0 bridgehead atoms. The summed E-state index contributed by atoms with van der Waals surface area (Å²) < 4.78 is 0. The van der Waals surface area contributed by atoms with Crippen molar-refractivity contribution in [2.24, 2.45) is 0 Å². The molecule has 0 saturated carbocycles. The summed E-state index contributed by atoms with van der Waals surface area (Å²) in [6, 6.07) is 12.3. The van der Waals surface area contributed by atoms with Gasteiger partial charge in [-0.25, -0.2) is 0 Å². The topological polar surface area (TPSA) is 35.6 Å². The molecule has 1 N–H and O–H groups in total. The van der Waals surface area contributed by atoms with Gasteiger partial charge in [0.15, 0.2) is 0 Å². The van der Waals surface area contributed by atoms with E-state index in [-0.39, 0.29) is 18.0 Å². The maximum atomic E-state index is 12.6. The minimum absolute atomic E-state index is 0.00295. The zero-order chi connectivity index (χ0) is 17.8. The number of thiophene rings is 1. The van der Waals surface area contributed by atoms with E-state index in [2.05, 4.69) is 46.6 Å². The van der Waals surface area contributed by atoms with Gasteiger partial charge in [-0.3, -0.25) is 9.69 Å². The third kappa shape index (κ3) is 4.48. The SMILES string of the molecule is Cc1ccc(C(=O)NC(C)C(c2cccs2)N2CCN(C)CC2)cc1. The quantitative estimate of drug-likeness (QED) is 0.893. The predicted molar refractivity (Wildman–Crippen MR) is 104 cm³/mol. The molecular formula is C20H27N3OS. The molecule has 1 saturated heterocycles. The van der Waals surface area contributed by atoms with Gasteiger partial charge in [-0.2, -0.15) is 0 Å². The van der Waals surface area contributed by atoms with E-state index in [1.807, 2.05) is 31.2 Å². The molecule has 25 heavy (non-hydrogen) atoms. The van der Waals surface area contributed by atoms with Crippen LogP contribution >= 0.6 is 11.3 Å². The number of nitrogens with zero attached hydrogens (tertiary/aromatic N) is 2. The molecule has 2 atom stereocenters. The van der Waals surface area contributed by atoms with Crippen LogP contribution in [0.4, 0.5) is 0 Å². The van der Waals surface area contributed by atoms with E-state index in [9.17, 15) is 4.79 Å². The van der Waals surface area contributed by atoms with E-state index in [4.69, 9.17) is 0 Å². The first kappa shape index (κ1) is 18.1. The van der Waals surface area contributed by atoms with Crippen molar-refractivity contribution in [1.82, 2.24) is 15.1 Å². The van der Waals surface area contributed by atoms with Crippen LogP contribution in [0.15, 0.2) is 41.8 Å². The van der Waals surface area contributed by atoms with Crippen LogP contribution in [0.5, 0.6) is 0 Å². The Labute approximate surface area is 154 Å². The molecule has 4 nitrogen and oxygen atoms in total. The molecule has 0 spiro atoms. The van der Waals surface area contributed by atoms with Crippen molar-refractivity contribution in [1.29, 1.82) is 0 Å². The number of hydrogen-bond acceptors (Lipinski definition) is 4. The third-order valence-corrected chi connectivity index (χ3v) is 5.86. The van der Waals surface area contributed by atoms with Crippen molar-refractivity contribution in [3.05, 3.63) is 57.8 Å². The van der Waals surface area contributed by atoms with Gasteiger partial charge in [0.2, 0.25) is 0 Å². The summed E-state index contributed by atoms with van der Waals surface area (Å²) in [6.45, 7) is 8.36. The summed E-state index contributed by atoms with van der Waals surface area (Å²) in [5.41, 5.74) is 1.89. The summed E-state index contributed by atoms with van der Waals surface area (Å²) in [5.74, 6) is 0.00295. The normalized spacial score (nSPS) is 18.7. The Morgan fingerprint density at radius 1 is 1.12 bits per heavy atom. The van der Waals surface area contributed by atoms with Crippen LogP contribution < -0.4 is 5.32 Å². The Morgan fingerprint density at radius 2 is 1.80 bits per heavy atom. The molecule has 2 heterocycles. The second-order valence-corrected chi connectivity index (χ2v) is 7.91. The van der Waals surface area contributed by atoms with Gasteiger partial charge in [-0.05, 0) is 44.5 Å². The number of carbonyl (C=O) groups excluding carboxylic acids is 1. The Morgan fingerprint density at radius 3 is 2.40 bits per heavy atom. The highest BCUT2D eigenvalue weighted by molar-refractivity contribution is 7.10. The lowest BCUT2D eigenvalue weighted by atomic mass is 10.0. The van der Waals surface area contributed by atoms with Crippen molar-refractivity contribution in [2.45, 2.75) is 25.9 Å². The number of likely N-dealkylation sites (N-methyl/N-ethyl adjacent to an activating group) is 1. The van der Waals surface area contributed by atoms with Crippen LogP contribution in [0.3, 0.4) is 0 Å². The number of carbonyl (C=O) groups is 1. The minimum Gasteiger partial charge on any atom is -0.348 e. The van der Waals surface area contributed by atoms with Gasteiger partial charge in [0.25, 0.3) is 5.91 Å². The van der Waals surface area contributed by atoms with Crippen LogP contribution in [-0.4, -0.2) is 55.0 Å². The highest BCUT2D eigenvalue weighted by atomic mass is 32.1. The van der Waals surface area contributed by atoms with E-state index < -0.39 is 0 Å². The number of hydrogen-bond donors (Lipinski definition) is 1. The van der Waals surface area contributed by atoms with Gasteiger partial charge in [0.05, 0.1) is 6.04 Å². The Bertz CT molecular complexity index is 675. The number of amides is 1. The van der Waals surface area contributed by atoms with E-state index in [0.717, 1.165) is 31.7 Å². The Hall–Kier alpha value is -1.69. The fraction of sp³-hybridized carbons (Fsp3) is 0.450. The van der Waals surface area contributed by atoms with Crippen LogP contribution in [0.25, 0.3) is 0 Å². The van der Waals surface area contributed by atoms with E-state index in [1.165, 1.54) is 10.4 Å². The molecule has 0 radical (unpaired) electrons. The number of aryl methyl sites for hydroxylation is 1. The smallest absolute Gasteiger partial charge is 0.251 e. The van der Waals surface area contributed by atoms with Crippen LogP contribution in [0.1, 0.15) is 33.8 Å². The minimum atomic E-state index is 0.00295. The van der Waals surface area contributed by atoms with Crippen molar-refractivity contribution in [2.75, 3.05) is 33.2 Å². The van der Waals surface area contributed by atoms with E-state index >= 15 is 0 Å². The van der Waals surface area contributed by atoms with Crippen molar-refractivity contribution < 1.29 is 4.79 Å². The van der Waals surface area contributed by atoms with Crippen LogP contribution in [0, 0.1) is 6.92 Å². The standard InChI is InChI=1S/C20H27N3OS/c1-15-6-8-17(9-7-15)20(24)21-16(2)19(18-5-4-14-25-18)23-12-10-22(3)11-13-23/h4-9,14,16,19H,10-13H2,1-3H3,(H,21,24). The van der Waals surface area contributed by atoms with Gasteiger partial charge >= 0.3 is 0 Å². The molecule has 5 heteroatoms. The summed E-state index contributed by atoms with van der Waals surface area (Å²) in [7, 11) is 2.17. The molecule has 134 valence electrons. The first-order chi connectivity index (χ1) is 12.0. The molecule has 3 rings (SSSR count). The Kier molecular flexibility index (Phi) is 5.89. The van der Waals surface area contributed by atoms with Crippen molar-refractivity contribution in [3.63, 3.8) is 0 Å². The third-order valence-electron chi connectivity index (χ3n) is 4.91. The Balaban J connectivity index is 1.74. The monoisotopic (exact) mass is 357 g/mol. The van der Waals surface area contributed by atoms with Crippen LogP contribution in [0.2, 0.25) is 0 Å². The summed E-state index contributed by atoms with van der Waals surface area (Å²) >= 11 is 1.77. The number of piperazine rings is 1. The van der Waals surface area contributed by atoms with Crippen molar-refractivity contribution >= 4 is 17.2 Å². The fourth-order valence-corrected chi connectivity index (χ4v) is 4.34. The molecule has 1 amide bonds. The lowest BCUT2D eigenvalue weighted by Gasteiger charge is -2.40. The highest BCUT2D eigenvalue weighted by Gasteiger charge is 2.30. The van der Waals surface area contributed by atoms with Gasteiger partial charge < -0.3 is 10.2 Å². The molecular weight excluding hydrogens is 330 g/mol. The van der Waals surface area contributed by atoms with E-state index in [1.54, 1.807) is 11.3 Å². The van der Waals surface area contributed by atoms with Gasteiger partial charge in [0, 0.05) is 42.7 Å². The lowest BCUT2D eigenvalue weighted by molar-refractivity contribution is 0.0799. The largest absolute Gasteiger partial charge is 0.348 e. The lowest BCUT2D eigenvalue weighted by Crippen LogP contribution is -2.51. The second-order valence-electron chi connectivity index (χ2n) is 6.93. The summed E-state index contributed by atoms with van der Waals surface area (Å²) in [5, 5.41) is 5.34. The summed E-state index contributed by atoms with van der Waals surface area (Å²) in [4.78, 5) is 18.8. The average Bonchev–Trinajstić information content (AvgIpc) is 3.11. The zero-order valence-corrected chi connectivity index (χ0v) is 16.1. The molecule has 1 aromatic heterocycles. The summed E-state index contributed by atoms with van der Waals surface area (Å²) in [6.07, 6.45) is 0. The molecule has 1 aliphatic rings. The molecule has 1 aliphatic heterocycles. The van der Waals surface area contributed by atoms with Gasteiger partial charge in [-0.1, -0.05) is 23.8 Å². The fourth-order valence-electron chi connectivity index (χ4n) is 3.38. The highest BCUT2D eigenvalue weighted by Crippen LogP contribution is 2.29. The molecule has 0 aliphatic carbocycles. The molecule has 1 aromatic carbocycles. The zero-order valence-electron chi connectivity index (χ0n) is 15.2. The maximum Gasteiger partial charge on any atom is 0.251 e. The molecule has 1 fully saturated rings. The van der Waals surface area contributed by atoms with Gasteiger partial charge in [0.1, 0.15) is 0 Å². The number of benzene rings is 1. The van der Waals surface area contributed by atoms with Crippen LogP contribution in [-0.2, 0) is 0 Å². The van der Waals surface area contributed by atoms with Gasteiger partial charge in [-0.15, -0.1) is 11.3 Å². The first-order valence-electron chi connectivity index (χ1n) is 8.88. The average molecular weight is 358 g/mol.